The number of rotatable bonds is 16. The van der Waals surface area contributed by atoms with E-state index in [9.17, 15) is 9.59 Å². The Morgan fingerprint density at radius 3 is 1.58 bits per heavy atom. The van der Waals surface area contributed by atoms with Crippen LogP contribution in [0.5, 0.6) is 0 Å². The van der Waals surface area contributed by atoms with Gasteiger partial charge < -0.3 is 9.63 Å². The maximum absolute atomic E-state index is 12.2. The number of hydrogen-bond donors (Lipinski definition) is 1. The first kappa shape index (κ1) is 22.4. The number of aromatic nitrogens is 1. The zero-order valence-electron chi connectivity index (χ0n) is 16.5. The van der Waals surface area contributed by atoms with Crippen molar-refractivity contribution in [2.75, 3.05) is 0 Å². The number of aliphatic carboxylic acids is 1. The molecule has 148 valence electrons. The number of ketones is 1. The van der Waals surface area contributed by atoms with Gasteiger partial charge in [-0.3, -0.25) is 9.59 Å². The molecule has 26 heavy (non-hydrogen) atoms. The van der Waals surface area contributed by atoms with Gasteiger partial charge in [0, 0.05) is 12.8 Å². The highest BCUT2D eigenvalue weighted by Gasteiger charge is 2.16. The third-order valence-electron chi connectivity index (χ3n) is 4.86. The van der Waals surface area contributed by atoms with Crippen LogP contribution in [0.1, 0.15) is 112 Å². The average molecular weight is 366 g/mol. The Balaban J connectivity index is 1.87. The van der Waals surface area contributed by atoms with E-state index in [1.54, 1.807) is 6.92 Å². The summed E-state index contributed by atoms with van der Waals surface area (Å²) in [7, 11) is 0. The minimum atomic E-state index is -0.682. The van der Waals surface area contributed by atoms with Crippen molar-refractivity contribution in [1.29, 1.82) is 0 Å². The van der Waals surface area contributed by atoms with Gasteiger partial charge in [0.2, 0.25) is 0 Å². The maximum Gasteiger partial charge on any atom is 0.303 e. The molecule has 0 amide bonds. The van der Waals surface area contributed by atoms with Gasteiger partial charge in [-0.2, -0.15) is 0 Å². The third kappa shape index (κ3) is 9.73. The zero-order chi connectivity index (χ0) is 19.2. The SMILES string of the molecule is Cc1noc(C)c1C(=O)CCCCCCCCCCCCCCC(=O)O. The molecule has 0 bridgehead atoms. The van der Waals surface area contributed by atoms with Crippen LogP contribution >= 0.6 is 0 Å². The second-order valence-corrected chi connectivity index (χ2v) is 7.26. The second kappa shape index (κ2) is 13.5. The minimum Gasteiger partial charge on any atom is -0.481 e. The number of carbonyl (C=O) groups excluding carboxylic acids is 1. The van der Waals surface area contributed by atoms with Gasteiger partial charge in [0.15, 0.2) is 5.78 Å². The fourth-order valence-electron chi connectivity index (χ4n) is 3.34. The molecule has 0 atom stereocenters. The summed E-state index contributed by atoms with van der Waals surface area (Å²) >= 11 is 0. The molecule has 0 aliphatic rings. The molecule has 5 nitrogen and oxygen atoms in total. The highest BCUT2D eigenvalue weighted by molar-refractivity contribution is 5.97. The highest BCUT2D eigenvalue weighted by atomic mass is 16.5. The van der Waals surface area contributed by atoms with Gasteiger partial charge in [-0.15, -0.1) is 0 Å². The van der Waals surface area contributed by atoms with Gasteiger partial charge >= 0.3 is 5.97 Å². The molecule has 1 aromatic heterocycles. The van der Waals surface area contributed by atoms with E-state index in [0.717, 1.165) is 32.1 Å². The molecule has 0 saturated carbocycles. The van der Waals surface area contributed by atoms with Crippen molar-refractivity contribution in [2.24, 2.45) is 0 Å². The van der Waals surface area contributed by atoms with Crippen molar-refractivity contribution in [1.82, 2.24) is 5.16 Å². The molecule has 0 aliphatic heterocycles. The molecule has 0 saturated heterocycles. The summed E-state index contributed by atoms with van der Waals surface area (Å²) in [5.41, 5.74) is 1.38. The van der Waals surface area contributed by atoms with Crippen LogP contribution in [0.25, 0.3) is 0 Å². The quantitative estimate of drug-likeness (QED) is 0.286. The summed E-state index contributed by atoms with van der Waals surface area (Å²) < 4.78 is 5.05. The summed E-state index contributed by atoms with van der Waals surface area (Å²) in [4.78, 5) is 22.5. The Morgan fingerprint density at radius 2 is 1.19 bits per heavy atom. The van der Waals surface area contributed by atoms with Crippen LogP contribution < -0.4 is 0 Å². The smallest absolute Gasteiger partial charge is 0.303 e. The summed E-state index contributed by atoms with van der Waals surface area (Å²) in [6.07, 6.45) is 14.7. The molecule has 0 unspecified atom stereocenters. The maximum atomic E-state index is 12.2. The highest BCUT2D eigenvalue weighted by Crippen LogP contribution is 2.17. The van der Waals surface area contributed by atoms with Gasteiger partial charge in [-0.25, -0.2) is 0 Å². The molecule has 1 aromatic rings. The number of carbonyl (C=O) groups is 2. The van der Waals surface area contributed by atoms with Crippen molar-refractivity contribution in [3.63, 3.8) is 0 Å². The lowest BCUT2D eigenvalue weighted by Gasteiger charge is -2.03. The monoisotopic (exact) mass is 365 g/mol. The van der Waals surface area contributed by atoms with Crippen LogP contribution in [-0.4, -0.2) is 22.0 Å². The predicted octanol–water partition coefficient (Wildman–Crippen LogP) is 6.02. The summed E-state index contributed by atoms with van der Waals surface area (Å²) in [5.74, 6) is 0.108. The second-order valence-electron chi connectivity index (χ2n) is 7.26. The Hall–Kier alpha value is -1.65. The van der Waals surface area contributed by atoms with Crippen LogP contribution in [0.2, 0.25) is 0 Å². The molecule has 1 heterocycles. The molecule has 1 rings (SSSR count). The van der Waals surface area contributed by atoms with Crippen LogP contribution in [0, 0.1) is 13.8 Å². The molecule has 5 heteroatoms. The van der Waals surface area contributed by atoms with Gasteiger partial charge in [-0.05, 0) is 26.7 Å². The number of carboxylic acids is 1. The molecule has 0 radical (unpaired) electrons. The van der Waals surface area contributed by atoms with Gasteiger partial charge in [-0.1, -0.05) is 69.4 Å². The Morgan fingerprint density at radius 1 is 0.769 bits per heavy atom. The van der Waals surface area contributed by atoms with E-state index in [2.05, 4.69) is 5.16 Å². The lowest BCUT2D eigenvalue weighted by molar-refractivity contribution is -0.137. The van der Waals surface area contributed by atoms with Gasteiger partial charge in [0.25, 0.3) is 0 Å². The molecule has 0 fully saturated rings. The summed E-state index contributed by atoms with van der Waals surface area (Å²) in [6.45, 7) is 3.61. The number of nitrogens with zero attached hydrogens (tertiary/aromatic N) is 1. The molecule has 1 N–H and O–H groups in total. The van der Waals surface area contributed by atoms with Crippen molar-refractivity contribution >= 4 is 11.8 Å². The minimum absolute atomic E-state index is 0.157. The van der Waals surface area contributed by atoms with E-state index in [1.807, 2.05) is 6.92 Å². The van der Waals surface area contributed by atoms with E-state index in [0.29, 0.717) is 29.9 Å². The molecular formula is C21H35NO4. The summed E-state index contributed by atoms with van der Waals surface area (Å²) in [5, 5.41) is 12.4. The first-order chi connectivity index (χ1) is 12.5. The molecule has 0 aromatic carbocycles. The standard InChI is InChI=1S/C21H35NO4/c1-17-21(18(2)26-22-17)19(23)15-13-11-9-7-5-3-4-6-8-10-12-14-16-20(24)25/h3-16H2,1-2H3,(H,24,25). The lowest BCUT2D eigenvalue weighted by atomic mass is 10.0. The van der Waals surface area contributed by atoms with E-state index in [-0.39, 0.29) is 5.78 Å². The Bertz CT molecular complexity index is 517. The largest absolute Gasteiger partial charge is 0.481 e. The first-order valence-electron chi connectivity index (χ1n) is 10.2. The number of Topliss-reactive ketones (excluding diaryl/α,β-unsaturated/α-hetero) is 1. The number of hydrogen-bond acceptors (Lipinski definition) is 4. The van der Waals surface area contributed by atoms with E-state index in [1.165, 1.54) is 44.9 Å². The first-order valence-corrected chi connectivity index (χ1v) is 10.2. The fraction of sp³-hybridized carbons (Fsp3) is 0.762. The summed E-state index contributed by atoms with van der Waals surface area (Å²) in [6, 6.07) is 0. The van der Waals surface area contributed by atoms with Crippen molar-refractivity contribution in [3.05, 3.63) is 17.0 Å². The average Bonchev–Trinajstić information content (AvgIpc) is 2.93. The molecule has 0 aliphatic carbocycles. The van der Waals surface area contributed by atoms with Crippen LogP contribution in [0.3, 0.4) is 0 Å². The number of aryl methyl sites for hydroxylation is 2. The Labute approximate surface area is 157 Å². The van der Waals surface area contributed by atoms with Crippen LogP contribution in [0.4, 0.5) is 0 Å². The van der Waals surface area contributed by atoms with E-state index in [4.69, 9.17) is 9.63 Å². The topological polar surface area (TPSA) is 80.4 Å². The van der Waals surface area contributed by atoms with Crippen molar-refractivity contribution < 1.29 is 19.2 Å². The molecular weight excluding hydrogens is 330 g/mol. The number of carboxylic acid groups (broad SMARTS) is 1. The lowest BCUT2D eigenvalue weighted by Crippen LogP contribution is -2.01. The molecule has 0 spiro atoms. The van der Waals surface area contributed by atoms with Crippen molar-refractivity contribution in [3.8, 4) is 0 Å². The van der Waals surface area contributed by atoms with Gasteiger partial charge in [0.05, 0.1) is 11.3 Å². The van der Waals surface area contributed by atoms with Crippen LogP contribution in [0.15, 0.2) is 4.52 Å². The van der Waals surface area contributed by atoms with Crippen molar-refractivity contribution in [2.45, 2.75) is 104 Å². The third-order valence-corrected chi connectivity index (χ3v) is 4.86. The van der Waals surface area contributed by atoms with Gasteiger partial charge in [0.1, 0.15) is 5.76 Å². The predicted molar refractivity (Wildman–Crippen MR) is 103 cm³/mol. The normalized spacial score (nSPS) is 11.0. The Kier molecular flexibility index (Phi) is 11.7. The zero-order valence-corrected chi connectivity index (χ0v) is 16.5. The van der Waals surface area contributed by atoms with Crippen LogP contribution in [-0.2, 0) is 4.79 Å². The fourth-order valence-corrected chi connectivity index (χ4v) is 3.34. The number of unbranched alkanes of at least 4 members (excludes halogenated alkanes) is 11. The van der Waals surface area contributed by atoms with E-state index < -0.39 is 5.97 Å². The van der Waals surface area contributed by atoms with E-state index >= 15 is 0 Å².